The fourth-order valence-corrected chi connectivity index (χ4v) is 5.32. The van der Waals surface area contributed by atoms with Crippen molar-refractivity contribution in [1.29, 1.82) is 0 Å². The lowest BCUT2D eigenvalue weighted by Gasteiger charge is -2.38. The minimum absolute atomic E-state index is 0.00821. The van der Waals surface area contributed by atoms with Crippen molar-refractivity contribution in [3.05, 3.63) is 36.0 Å². The van der Waals surface area contributed by atoms with Crippen LogP contribution in [-0.4, -0.2) is 58.5 Å². The highest BCUT2D eigenvalue weighted by atomic mass is 19.3. The largest absolute Gasteiger partial charge is 0.490 e. The Balaban J connectivity index is 1.54. The second-order valence-corrected chi connectivity index (χ2v) is 11.9. The quantitative estimate of drug-likeness (QED) is 0.317. The Morgan fingerprint density at radius 3 is 2.42 bits per heavy atom. The second kappa shape index (κ2) is 13.6. The number of hydrogen-bond donors (Lipinski definition) is 0. The number of rotatable bonds is 9. The van der Waals surface area contributed by atoms with E-state index in [0.717, 1.165) is 54.7 Å². The molecular formula is C31H43F2N3O4. The van der Waals surface area contributed by atoms with Gasteiger partial charge in [0.2, 0.25) is 12.3 Å². The maximum atomic E-state index is 14.0. The van der Waals surface area contributed by atoms with Gasteiger partial charge in [-0.05, 0) is 83.4 Å². The zero-order chi connectivity index (χ0) is 28.7. The summed E-state index contributed by atoms with van der Waals surface area (Å²) in [4.78, 5) is 14.1. The number of amides is 1. The molecular weight excluding hydrogens is 516 g/mol. The Labute approximate surface area is 236 Å². The molecule has 2 fully saturated rings. The van der Waals surface area contributed by atoms with Crippen molar-refractivity contribution < 1.29 is 27.8 Å². The number of carbonyl (C=O) groups is 1. The average molecular weight is 560 g/mol. The summed E-state index contributed by atoms with van der Waals surface area (Å²) in [6, 6.07) is 9.73. The molecule has 2 heterocycles. The van der Waals surface area contributed by atoms with Gasteiger partial charge in [0.25, 0.3) is 0 Å². The van der Waals surface area contributed by atoms with Gasteiger partial charge in [-0.2, -0.15) is 5.10 Å². The van der Waals surface area contributed by atoms with Crippen LogP contribution in [0.1, 0.15) is 84.8 Å². The number of ether oxygens (including phenoxy) is 3. The smallest absolute Gasteiger partial charge is 0.410 e. The van der Waals surface area contributed by atoms with E-state index < -0.39 is 30.1 Å². The van der Waals surface area contributed by atoms with Gasteiger partial charge in [0.1, 0.15) is 17.5 Å². The molecule has 2 aliphatic rings. The summed E-state index contributed by atoms with van der Waals surface area (Å²) in [6.07, 6.45) is 4.88. The monoisotopic (exact) mass is 559 g/mol. The standard InChI is InChI=1S/C31H43F2N3O4/c1-5-6-12-26-25(21-13-15-23(16-14-21)38-22-10-8-7-9-11-22)19-28(35-34-26)39-27-20-36(18-17-24(27)29(32)33)30(37)40-31(2,3)4/h13-16,19,22,24,27,29H,5-12,17-18,20H2,1-4H3/t24-,27-/m1/s1. The normalized spacial score (nSPS) is 20.4. The number of hydrogen-bond acceptors (Lipinski definition) is 6. The van der Waals surface area contributed by atoms with Crippen molar-refractivity contribution in [1.82, 2.24) is 15.1 Å². The van der Waals surface area contributed by atoms with E-state index in [0.29, 0.717) is 0 Å². The molecule has 0 N–H and O–H groups in total. The molecule has 220 valence electrons. The number of nitrogens with zero attached hydrogens (tertiary/aromatic N) is 3. The van der Waals surface area contributed by atoms with E-state index in [4.69, 9.17) is 14.2 Å². The molecule has 0 radical (unpaired) electrons. The third kappa shape index (κ3) is 8.27. The fourth-order valence-electron chi connectivity index (χ4n) is 5.32. The van der Waals surface area contributed by atoms with Crippen LogP contribution in [0.2, 0.25) is 0 Å². The summed E-state index contributed by atoms with van der Waals surface area (Å²) >= 11 is 0. The summed E-state index contributed by atoms with van der Waals surface area (Å²) in [5.41, 5.74) is 1.94. The predicted molar refractivity (Wildman–Crippen MR) is 150 cm³/mol. The third-order valence-electron chi connectivity index (χ3n) is 7.49. The van der Waals surface area contributed by atoms with Crippen LogP contribution in [0.25, 0.3) is 11.1 Å². The minimum atomic E-state index is -2.58. The van der Waals surface area contributed by atoms with Gasteiger partial charge in [-0.3, -0.25) is 0 Å². The fraction of sp³-hybridized carbons (Fsp3) is 0.645. The molecule has 1 aliphatic heterocycles. The van der Waals surface area contributed by atoms with Crippen molar-refractivity contribution in [2.45, 2.75) is 110 Å². The van der Waals surface area contributed by atoms with Gasteiger partial charge < -0.3 is 19.1 Å². The van der Waals surface area contributed by atoms with Crippen LogP contribution in [0, 0.1) is 5.92 Å². The zero-order valence-electron chi connectivity index (χ0n) is 24.2. The maximum absolute atomic E-state index is 14.0. The zero-order valence-corrected chi connectivity index (χ0v) is 24.2. The summed E-state index contributed by atoms with van der Waals surface area (Å²) in [7, 11) is 0. The lowest BCUT2D eigenvalue weighted by Crippen LogP contribution is -2.52. The molecule has 4 rings (SSSR count). The van der Waals surface area contributed by atoms with Crippen molar-refractivity contribution in [2.24, 2.45) is 5.92 Å². The van der Waals surface area contributed by atoms with E-state index in [-0.39, 0.29) is 31.5 Å². The molecule has 9 heteroatoms. The molecule has 1 amide bonds. The topological polar surface area (TPSA) is 73.8 Å². The average Bonchev–Trinajstić information content (AvgIpc) is 2.92. The molecule has 1 aromatic carbocycles. The Morgan fingerprint density at radius 2 is 1.77 bits per heavy atom. The Hall–Kier alpha value is -2.97. The molecule has 1 aliphatic carbocycles. The van der Waals surface area contributed by atoms with Gasteiger partial charge in [0.15, 0.2) is 0 Å². The number of piperidine rings is 1. The van der Waals surface area contributed by atoms with E-state index in [2.05, 4.69) is 17.1 Å². The highest BCUT2D eigenvalue weighted by Gasteiger charge is 2.40. The van der Waals surface area contributed by atoms with E-state index >= 15 is 0 Å². The van der Waals surface area contributed by atoms with Crippen LogP contribution in [0.5, 0.6) is 11.6 Å². The summed E-state index contributed by atoms with van der Waals surface area (Å²) < 4.78 is 45.6. The number of benzene rings is 1. The molecule has 1 saturated heterocycles. The SMILES string of the molecule is CCCCc1nnc(O[C@@H]2CN(C(=O)OC(C)(C)C)CC[C@H]2C(F)F)cc1-c1ccc(OC2CCCCC2)cc1. The number of alkyl halides is 2. The van der Waals surface area contributed by atoms with Gasteiger partial charge in [0.05, 0.1) is 24.3 Å². The van der Waals surface area contributed by atoms with Crippen molar-refractivity contribution >= 4 is 6.09 Å². The lowest BCUT2D eigenvalue weighted by molar-refractivity contribution is -0.0505. The number of aryl methyl sites for hydroxylation is 1. The van der Waals surface area contributed by atoms with Gasteiger partial charge in [-0.25, -0.2) is 13.6 Å². The first-order valence-electron chi connectivity index (χ1n) is 14.7. The van der Waals surface area contributed by atoms with Crippen LogP contribution in [0.4, 0.5) is 13.6 Å². The molecule has 0 spiro atoms. The number of likely N-dealkylation sites (tertiary alicyclic amines) is 1. The van der Waals surface area contributed by atoms with Crippen LogP contribution >= 0.6 is 0 Å². The number of halogens is 2. The second-order valence-electron chi connectivity index (χ2n) is 11.9. The highest BCUT2D eigenvalue weighted by molar-refractivity contribution is 5.68. The molecule has 7 nitrogen and oxygen atoms in total. The molecule has 1 aromatic heterocycles. The van der Waals surface area contributed by atoms with Crippen LogP contribution < -0.4 is 9.47 Å². The molecule has 1 saturated carbocycles. The molecule has 40 heavy (non-hydrogen) atoms. The minimum Gasteiger partial charge on any atom is -0.490 e. The van der Waals surface area contributed by atoms with Gasteiger partial charge in [-0.1, -0.05) is 31.9 Å². The van der Waals surface area contributed by atoms with Crippen molar-refractivity contribution in [3.63, 3.8) is 0 Å². The Bertz CT molecular complexity index is 1100. The Kier molecular flexibility index (Phi) is 10.2. The van der Waals surface area contributed by atoms with Crippen LogP contribution in [-0.2, 0) is 11.2 Å². The predicted octanol–water partition coefficient (Wildman–Crippen LogP) is 7.47. The van der Waals surface area contributed by atoms with Crippen molar-refractivity contribution in [3.8, 4) is 22.8 Å². The van der Waals surface area contributed by atoms with E-state index in [9.17, 15) is 13.6 Å². The third-order valence-corrected chi connectivity index (χ3v) is 7.49. The lowest BCUT2D eigenvalue weighted by atomic mass is 9.94. The molecule has 0 bridgehead atoms. The first-order chi connectivity index (χ1) is 19.1. The van der Waals surface area contributed by atoms with Gasteiger partial charge in [0, 0.05) is 18.2 Å². The maximum Gasteiger partial charge on any atom is 0.410 e. The van der Waals surface area contributed by atoms with Crippen LogP contribution in [0.3, 0.4) is 0 Å². The van der Waals surface area contributed by atoms with Gasteiger partial charge >= 0.3 is 6.09 Å². The first kappa shape index (κ1) is 30.0. The summed E-state index contributed by atoms with van der Waals surface area (Å²) in [5, 5.41) is 8.70. The van der Waals surface area contributed by atoms with Crippen LogP contribution in [0.15, 0.2) is 30.3 Å². The Morgan fingerprint density at radius 1 is 1.05 bits per heavy atom. The summed E-state index contributed by atoms with van der Waals surface area (Å²) in [6.45, 7) is 7.62. The first-order valence-corrected chi connectivity index (χ1v) is 14.7. The number of carbonyl (C=O) groups excluding carboxylic acids is 1. The van der Waals surface area contributed by atoms with E-state index in [1.807, 2.05) is 24.3 Å². The van der Waals surface area contributed by atoms with Gasteiger partial charge in [-0.15, -0.1) is 5.10 Å². The molecule has 0 unspecified atom stereocenters. The molecule has 2 aromatic rings. The van der Waals surface area contributed by atoms with E-state index in [1.54, 1.807) is 26.8 Å². The summed E-state index contributed by atoms with van der Waals surface area (Å²) in [5.74, 6) is -0.0205. The van der Waals surface area contributed by atoms with E-state index in [1.165, 1.54) is 24.2 Å². The molecule has 2 atom stereocenters. The number of aromatic nitrogens is 2. The van der Waals surface area contributed by atoms with Crippen molar-refractivity contribution in [2.75, 3.05) is 13.1 Å². The number of unbranched alkanes of at least 4 members (excludes halogenated alkanes) is 1. The highest BCUT2D eigenvalue weighted by Crippen LogP contribution is 2.32.